The lowest BCUT2D eigenvalue weighted by molar-refractivity contribution is 0.632. The third-order valence-electron chi connectivity index (χ3n) is 15.0. The van der Waals surface area contributed by atoms with Gasteiger partial charge in [-0.2, -0.15) is 0 Å². The molecule has 314 valence electrons. The fourth-order valence-corrected chi connectivity index (χ4v) is 11.8. The van der Waals surface area contributed by atoms with E-state index in [-0.39, 0.29) is 10.8 Å². The zero-order valence-corrected chi connectivity index (χ0v) is 37.7. The number of para-hydroxylation sites is 4. The Kier molecular flexibility index (Phi) is 8.33. The first kappa shape index (κ1) is 38.5. The number of nitrogens with zero attached hydrogens (tertiary/aromatic N) is 2. The molecule has 2 heterocycles. The fraction of sp³-hybridized carbons (Fsp3) is 0.0938. The van der Waals surface area contributed by atoms with Gasteiger partial charge in [0.2, 0.25) is 0 Å². The van der Waals surface area contributed by atoms with Crippen LogP contribution in [0.15, 0.2) is 218 Å². The van der Waals surface area contributed by atoms with E-state index >= 15 is 0 Å². The minimum absolute atomic E-state index is 0.192. The molecule has 0 atom stereocenters. The van der Waals surface area contributed by atoms with Crippen LogP contribution < -0.4 is 9.80 Å². The topological polar surface area (TPSA) is 6.48 Å². The highest BCUT2D eigenvalue weighted by Crippen LogP contribution is 2.59. The molecule has 0 N–H and O–H groups in total. The molecule has 11 aromatic carbocycles. The summed E-state index contributed by atoms with van der Waals surface area (Å²) in [5, 5.41) is 9.79. The summed E-state index contributed by atoms with van der Waals surface area (Å²) in [5.74, 6) is 0. The third-order valence-corrected chi connectivity index (χ3v) is 15.0. The SMILES string of the molecule is CC1(C)c2ccccc2N(c2cccc3c(-c4ccc5ccccc5c4)c4c(N5c6ccccc6C(C)(C)c6ccccc65)cccc4c(-c4ccc5ccccc5c4)c23)c2ccccc21. The summed E-state index contributed by atoms with van der Waals surface area (Å²) in [5.41, 5.74) is 16.9. The molecular formula is C64H48N2. The van der Waals surface area contributed by atoms with E-state index in [4.69, 9.17) is 0 Å². The first-order valence-corrected chi connectivity index (χ1v) is 23.3. The minimum atomic E-state index is -0.192. The Hall–Kier alpha value is -7.94. The Morgan fingerprint density at radius 3 is 0.939 bits per heavy atom. The summed E-state index contributed by atoms with van der Waals surface area (Å²) < 4.78 is 0. The molecule has 0 saturated heterocycles. The van der Waals surface area contributed by atoms with Gasteiger partial charge in [0.15, 0.2) is 0 Å². The molecule has 0 bridgehead atoms. The molecule has 0 aromatic heterocycles. The van der Waals surface area contributed by atoms with Gasteiger partial charge in [0, 0.05) is 21.6 Å². The maximum absolute atomic E-state index is 2.56. The Labute approximate surface area is 386 Å². The van der Waals surface area contributed by atoms with Crippen LogP contribution in [0.2, 0.25) is 0 Å². The van der Waals surface area contributed by atoms with Crippen LogP contribution in [0.4, 0.5) is 34.1 Å². The van der Waals surface area contributed by atoms with Crippen molar-refractivity contribution in [2.24, 2.45) is 0 Å². The van der Waals surface area contributed by atoms with Crippen LogP contribution in [0.1, 0.15) is 49.9 Å². The van der Waals surface area contributed by atoms with Crippen molar-refractivity contribution in [1.82, 2.24) is 0 Å². The summed E-state index contributed by atoms with van der Waals surface area (Å²) in [7, 11) is 0. The monoisotopic (exact) mass is 844 g/mol. The van der Waals surface area contributed by atoms with E-state index in [0.717, 1.165) is 11.4 Å². The lowest BCUT2D eigenvalue weighted by Gasteiger charge is -2.43. The normalized spacial score (nSPS) is 14.5. The third kappa shape index (κ3) is 5.48. The molecule has 0 aliphatic carbocycles. The second kappa shape index (κ2) is 14.3. The zero-order chi connectivity index (χ0) is 44.3. The van der Waals surface area contributed by atoms with Gasteiger partial charge in [0.25, 0.3) is 0 Å². The van der Waals surface area contributed by atoms with Crippen molar-refractivity contribution in [3.63, 3.8) is 0 Å². The molecule has 0 fully saturated rings. The van der Waals surface area contributed by atoms with Crippen LogP contribution in [0.5, 0.6) is 0 Å². The first-order chi connectivity index (χ1) is 32.3. The quantitative estimate of drug-likeness (QED) is 0.163. The van der Waals surface area contributed by atoms with E-state index in [0.29, 0.717) is 0 Å². The van der Waals surface area contributed by atoms with Crippen LogP contribution in [0.25, 0.3) is 65.3 Å². The van der Waals surface area contributed by atoms with Crippen LogP contribution in [-0.4, -0.2) is 0 Å². The van der Waals surface area contributed by atoms with E-state index < -0.39 is 0 Å². The van der Waals surface area contributed by atoms with E-state index in [1.54, 1.807) is 0 Å². The first-order valence-electron chi connectivity index (χ1n) is 23.3. The van der Waals surface area contributed by atoms with E-state index in [1.165, 1.54) is 110 Å². The summed E-state index contributed by atoms with van der Waals surface area (Å²) in [4.78, 5) is 5.11. The zero-order valence-electron chi connectivity index (χ0n) is 37.7. The van der Waals surface area contributed by atoms with Gasteiger partial charge in [-0.1, -0.05) is 198 Å². The van der Waals surface area contributed by atoms with Crippen molar-refractivity contribution >= 4 is 77.2 Å². The predicted octanol–water partition coefficient (Wildman–Crippen LogP) is 17.9. The number of anilines is 6. The maximum Gasteiger partial charge on any atom is 0.0546 e. The van der Waals surface area contributed by atoms with Gasteiger partial charge in [-0.25, -0.2) is 0 Å². The maximum atomic E-state index is 2.56. The van der Waals surface area contributed by atoms with Crippen molar-refractivity contribution < 1.29 is 0 Å². The Morgan fingerprint density at radius 1 is 0.273 bits per heavy atom. The second-order valence-corrected chi connectivity index (χ2v) is 19.3. The molecule has 0 radical (unpaired) electrons. The second-order valence-electron chi connectivity index (χ2n) is 19.3. The highest BCUT2D eigenvalue weighted by molar-refractivity contribution is 6.28. The van der Waals surface area contributed by atoms with Crippen LogP contribution in [0, 0.1) is 0 Å². The molecular weight excluding hydrogens is 797 g/mol. The van der Waals surface area contributed by atoms with Crippen molar-refractivity contribution in [2.45, 2.75) is 38.5 Å². The molecule has 0 spiro atoms. The van der Waals surface area contributed by atoms with Crippen LogP contribution >= 0.6 is 0 Å². The Bertz CT molecular complexity index is 3450. The van der Waals surface area contributed by atoms with Crippen LogP contribution in [-0.2, 0) is 10.8 Å². The molecule has 0 unspecified atom stereocenters. The fourth-order valence-electron chi connectivity index (χ4n) is 11.8. The number of benzene rings is 11. The molecule has 2 aliphatic heterocycles. The number of fused-ring (bicyclic) bond motifs is 8. The molecule has 2 nitrogen and oxygen atoms in total. The molecule has 11 aromatic rings. The van der Waals surface area contributed by atoms with Crippen molar-refractivity contribution in [1.29, 1.82) is 0 Å². The molecule has 66 heavy (non-hydrogen) atoms. The number of hydrogen-bond donors (Lipinski definition) is 0. The van der Waals surface area contributed by atoms with Crippen molar-refractivity contribution in [3.8, 4) is 22.3 Å². The molecule has 2 aliphatic rings. The van der Waals surface area contributed by atoms with Gasteiger partial charge in [0.05, 0.1) is 34.1 Å². The van der Waals surface area contributed by atoms with Crippen LogP contribution in [0.3, 0.4) is 0 Å². The van der Waals surface area contributed by atoms with Crippen molar-refractivity contribution in [3.05, 3.63) is 241 Å². The highest BCUT2D eigenvalue weighted by Gasteiger charge is 2.39. The lowest BCUT2D eigenvalue weighted by atomic mass is 9.73. The van der Waals surface area contributed by atoms with E-state index in [9.17, 15) is 0 Å². The van der Waals surface area contributed by atoms with E-state index in [1.807, 2.05) is 0 Å². The van der Waals surface area contributed by atoms with E-state index in [2.05, 4.69) is 256 Å². The highest BCUT2D eigenvalue weighted by atomic mass is 15.2. The average Bonchev–Trinajstić information content (AvgIpc) is 3.36. The standard InChI is InChI=1S/C64H48N2/c1-63(2)49-25-9-13-29-53(49)65(54-30-14-10-26-50(54)63)57-33-17-23-47-60(46-38-36-42-20-6-8-22-44(42)40-46)62-48(59(61(47)57)45-37-35-41-19-5-7-21-43(41)39-45)24-18-34-58(62)66-55-31-15-11-27-51(55)64(3,4)52-28-12-16-32-56(52)66/h5-40H,1-4H3. The summed E-state index contributed by atoms with van der Waals surface area (Å²) in [6.07, 6.45) is 0. The molecule has 0 saturated carbocycles. The smallest absolute Gasteiger partial charge is 0.0546 e. The van der Waals surface area contributed by atoms with Gasteiger partial charge in [-0.05, 0) is 125 Å². The molecule has 2 heteroatoms. The van der Waals surface area contributed by atoms with Gasteiger partial charge in [-0.15, -0.1) is 0 Å². The summed E-state index contributed by atoms with van der Waals surface area (Å²) >= 11 is 0. The van der Waals surface area contributed by atoms with Crippen molar-refractivity contribution in [2.75, 3.05) is 9.80 Å². The number of rotatable bonds is 4. The summed E-state index contributed by atoms with van der Waals surface area (Å²) in [6.45, 7) is 9.49. The Morgan fingerprint density at radius 2 is 0.576 bits per heavy atom. The van der Waals surface area contributed by atoms with Gasteiger partial charge in [-0.3, -0.25) is 0 Å². The largest absolute Gasteiger partial charge is 0.309 e. The molecule has 13 rings (SSSR count). The predicted molar refractivity (Wildman–Crippen MR) is 281 cm³/mol. The average molecular weight is 845 g/mol. The Balaban J connectivity index is 1.24. The summed E-state index contributed by atoms with van der Waals surface area (Å²) in [6, 6.07) is 81.9. The minimum Gasteiger partial charge on any atom is -0.309 e. The number of hydrogen-bond acceptors (Lipinski definition) is 2. The van der Waals surface area contributed by atoms with Gasteiger partial charge in [0.1, 0.15) is 0 Å². The van der Waals surface area contributed by atoms with Gasteiger partial charge < -0.3 is 9.80 Å². The van der Waals surface area contributed by atoms with Gasteiger partial charge >= 0.3 is 0 Å². The molecule has 0 amide bonds. The lowest BCUT2D eigenvalue weighted by Crippen LogP contribution is -2.30.